The number of anilines is 1. The average Bonchev–Trinajstić information content (AvgIpc) is 3.88. The molecule has 0 aliphatic carbocycles. The van der Waals surface area contributed by atoms with Crippen LogP contribution in [0.4, 0.5) is 32.8 Å². The number of nitriles is 1. The van der Waals surface area contributed by atoms with Gasteiger partial charge in [0, 0.05) is 94.6 Å². The number of rotatable bonds is 10. The number of nitrogen functional groups attached to an aromatic ring is 1. The van der Waals surface area contributed by atoms with Gasteiger partial charge in [-0.05, 0) is 42.7 Å². The first-order valence-electron chi connectivity index (χ1n) is 18.7. The monoisotopic (exact) mass is 816 g/mol. The highest BCUT2D eigenvalue weighted by Crippen LogP contribution is 2.38. The first-order valence-corrected chi connectivity index (χ1v) is 18.7. The van der Waals surface area contributed by atoms with E-state index in [4.69, 9.17) is 10.5 Å². The topological polar surface area (TPSA) is 185 Å². The molecule has 0 radical (unpaired) electrons. The van der Waals surface area contributed by atoms with Crippen LogP contribution >= 0.6 is 0 Å². The van der Waals surface area contributed by atoms with Gasteiger partial charge in [-0.15, -0.1) is 0 Å². The number of alkyl halides is 3. The minimum atomic E-state index is -5.03. The Labute approximate surface area is 335 Å². The molecule has 2 N–H and O–H groups in total. The Kier molecular flexibility index (Phi) is 11.2. The van der Waals surface area contributed by atoms with Crippen molar-refractivity contribution in [1.82, 2.24) is 48.9 Å². The number of hydrogen-bond acceptors (Lipinski definition) is 11. The normalized spacial score (nSPS) is 15.7. The summed E-state index contributed by atoms with van der Waals surface area (Å²) < 4.78 is 62.7. The van der Waals surface area contributed by atoms with Gasteiger partial charge in [0.1, 0.15) is 18.5 Å². The van der Waals surface area contributed by atoms with Crippen LogP contribution in [0.3, 0.4) is 0 Å². The molecule has 20 heteroatoms. The summed E-state index contributed by atoms with van der Waals surface area (Å²) >= 11 is 0. The zero-order chi connectivity index (χ0) is 42.1. The van der Waals surface area contributed by atoms with Gasteiger partial charge >= 0.3 is 18.3 Å². The summed E-state index contributed by atoms with van der Waals surface area (Å²) in [6, 6.07) is 11.6. The molecule has 308 valence electrons. The van der Waals surface area contributed by atoms with Crippen LogP contribution in [0.15, 0.2) is 67.5 Å². The molecular formula is C39H40F4N12O4. The highest BCUT2D eigenvalue weighted by atomic mass is 19.4. The van der Waals surface area contributed by atoms with Crippen molar-refractivity contribution in [2.45, 2.75) is 43.6 Å². The van der Waals surface area contributed by atoms with Crippen LogP contribution in [-0.4, -0.2) is 126 Å². The number of ether oxygens (including phenoxy) is 1. The predicted molar refractivity (Wildman–Crippen MR) is 204 cm³/mol. The molecule has 0 spiro atoms. The van der Waals surface area contributed by atoms with E-state index < -0.39 is 40.8 Å². The van der Waals surface area contributed by atoms with Crippen molar-refractivity contribution in [1.29, 1.82) is 5.26 Å². The zero-order valence-electron chi connectivity index (χ0n) is 32.1. The summed E-state index contributed by atoms with van der Waals surface area (Å²) in [7, 11) is 3.20. The molecule has 0 unspecified atom stereocenters. The fourth-order valence-corrected chi connectivity index (χ4v) is 7.44. The Morgan fingerprint density at radius 3 is 2.42 bits per heavy atom. The van der Waals surface area contributed by atoms with E-state index in [-0.39, 0.29) is 51.3 Å². The lowest BCUT2D eigenvalue weighted by Gasteiger charge is -2.53. The van der Waals surface area contributed by atoms with Gasteiger partial charge in [0.05, 0.1) is 29.9 Å². The molecule has 2 aliphatic heterocycles. The summed E-state index contributed by atoms with van der Waals surface area (Å²) in [5, 5.41) is 15.0. The van der Waals surface area contributed by atoms with Crippen molar-refractivity contribution in [3.63, 3.8) is 0 Å². The Hall–Kier alpha value is -6.62. The fourth-order valence-electron chi connectivity index (χ4n) is 7.44. The molecular weight excluding hydrogens is 777 g/mol. The highest BCUT2D eigenvalue weighted by Gasteiger charge is 2.48. The zero-order valence-corrected chi connectivity index (χ0v) is 32.1. The van der Waals surface area contributed by atoms with Gasteiger partial charge in [0.25, 0.3) is 5.91 Å². The second-order valence-corrected chi connectivity index (χ2v) is 14.7. The van der Waals surface area contributed by atoms with Crippen LogP contribution in [0.1, 0.15) is 40.9 Å². The van der Waals surface area contributed by atoms with Crippen LogP contribution in [0.25, 0.3) is 22.3 Å². The number of carbonyl (C=O) groups excluding carboxylic acids is 3. The Bertz CT molecular complexity index is 2400. The van der Waals surface area contributed by atoms with Gasteiger partial charge in [-0.1, -0.05) is 12.1 Å². The lowest BCUT2D eigenvalue weighted by atomic mass is 9.83. The van der Waals surface area contributed by atoms with Crippen molar-refractivity contribution in [3.8, 4) is 17.3 Å². The molecule has 5 aromatic rings. The number of carbonyl (C=O) groups is 3. The lowest BCUT2D eigenvalue weighted by molar-refractivity contribution is -0.143. The summed E-state index contributed by atoms with van der Waals surface area (Å²) in [5.74, 6) is -2.50. The first kappa shape index (κ1) is 40.6. The van der Waals surface area contributed by atoms with Gasteiger partial charge in [-0.3, -0.25) is 18.9 Å². The van der Waals surface area contributed by atoms with Crippen molar-refractivity contribution in [2.75, 3.05) is 59.1 Å². The Morgan fingerprint density at radius 1 is 1.02 bits per heavy atom. The number of likely N-dealkylation sites (N-methyl/N-ethyl adjacent to an activating group) is 2. The molecule has 6 heterocycles. The highest BCUT2D eigenvalue weighted by molar-refractivity contribution is 5.96. The molecule has 2 aliphatic rings. The number of benzene rings is 1. The number of aromatic nitrogens is 6. The number of hydrogen-bond donors (Lipinski definition) is 1. The van der Waals surface area contributed by atoms with Crippen molar-refractivity contribution >= 4 is 34.8 Å². The maximum Gasteiger partial charge on any atom is 0.436 e. The number of likely N-dealkylation sites (tertiary alicyclic amines) is 2. The number of fused-ring (bicyclic) bond motifs is 1. The minimum absolute atomic E-state index is 0.0281. The van der Waals surface area contributed by atoms with Gasteiger partial charge in [-0.25, -0.2) is 28.9 Å². The molecule has 1 aromatic carbocycles. The molecule has 3 amide bonds. The summed E-state index contributed by atoms with van der Waals surface area (Å²) in [5.41, 5.74) is 5.62. The van der Waals surface area contributed by atoms with E-state index in [1.165, 1.54) is 25.6 Å². The van der Waals surface area contributed by atoms with E-state index in [0.717, 1.165) is 17.8 Å². The summed E-state index contributed by atoms with van der Waals surface area (Å²) in [6.45, 7) is 1.92. The molecule has 4 aromatic heterocycles. The van der Waals surface area contributed by atoms with Crippen LogP contribution in [0.5, 0.6) is 0 Å². The van der Waals surface area contributed by atoms with E-state index in [2.05, 4.69) is 31.0 Å². The number of halogens is 4. The summed E-state index contributed by atoms with van der Waals surface area (Å²) in [4.78, 5) is 57.4. The van der Waals surface area contributed by atoms with Crippen LogP contribution in [0, 0.1) is 17.1 Å². The molecule has 16 nitrogen and oxygen atoms in total. The van der Waals surface area contributed by atoms with E-state index in [0.29, 0.717) is 53.9 Å². The molecule has 2 saturated heterocycles. The second-order valence-electron chi connectivity index (χ2n) is 14.7. The maximum atomic E-state index is 14.6. The number of nitrogens with two attached hydrogens (primary N) is 1. The third-order valence-corrected chi connectivity index (χ3v) is 10.8. The molecule has 59 heavy (non-hydrogen) atoms. The number of piperidine rings is 1. The molecule has 7 rings (SSSR count). The van der Waals surface area contributed by atoms with E-state index in [9.17, 15) is 37.2 Å². The van der Waals surface area contributed by atoms with Crippen LogP contribution < -0.4 is 5.73 Å². The lowest BCUT2D eigenvalue weighted by Crippen LogP contribution is -2.66. The molecule has 2 fully saturated rings. The average molecular weight is 817 g/mol. The van der Waals surface area contributed by atoms with Gasteiger partial charge in [0.2, 0.25) is 0 Å². The van der Waals surface area contributed by atoms with E-state index >= 15 is 0 Å². The van der Waals surface area contributed by atoms with E-state index in [1.807, 2.05) is 6.20 Å². The fraction of sp³-hybridized carbons (Fsp3) is 0.385. The van der Waals surface area contributed by atoms with Gasteiger partial charge in [0.15, 0.2) is 17.2 Å². The quantitative estimate of drug-likeness (QED) is 0.151. The largest absolute Gasteiger partial charge is 0.445 e. The first-order chi connectivity index (χ1) is 28.2. The Balaban J connectivity index is 0.959. The van der Waals surface area contributed by atoms with Crippen molar-refractivity contribution < 1.29 is 36.7 Å². The summed E-state index contributed by atoms with van der Waals surface area (Å²) in [6.07, 6.45) is 2.81. The molecule has 0 atom stereocenters. The maximum absolute atomic E-state index is 14.6. The SMILES string of the molecule is CN(CCN(C)C(=O)n1ccc2c(-c3cnn(C4(CC#N)CN(C5CCN(C(=O)c6ccnc(C(F)(F)F)c6F)CC5)C4)c3)ncnc21)C(=O)OCc1ccc(N)cc1. The van der Waals surface area contributed by atoms with Gasteiger partial charge < -0.3 is 25.2 Å². The predicted octanol–water partition coefficient (Wildman–Crippen LogP) is 4.83. The Morgan fingerprint density at radius 2 is 1.73 bits per heavy atom. The van der Waals surface area contributed by atoms with Crippen molar-refractivity contribution in [3.05, 3.63) is 90.2 Å². The van der Waals surface area contributed by atoms with Crippen LogP contribution in [-0.2, 0) is 23.1 Å². The smallest absolute Gasteiger partial charge is 0.436 e. The van der Waals surface area contributed by atoms with Crippen molar-refractivity contribution in [2.24, 2.45) is 0 Å². The number of nitrogens with zero attached hydrogens (tertiary/aromatic N) is 11. The minimum Gasteiger partial charge on any atom is -0.445 e. The van der Waals surface area contributed by atoms with E-state index in [1.54, 1.807) is 61.5 Å². The van der Waals surface area contributed by atoms with Gasteiger partial charge in [-0.2, -0.15) is 23.5 Å². The van der Waals surface area contributed by atoms with Crippen LogP contribution in [0.2, 0.25) is 0 Å². The third-order valence-electron chi connectivity index (χ3n) is 10.8. The standard InChI is InChI=1S/C39H40F4N12O4/c1-50(17-18-51(2)37(58)59-21-25-3-5-27(45)6-4-25)36(57)54-16-10-30-32(47-24-48-34(30)54)26-19-49-55(20-26)38(11-12-44)22-53(23-38)28-8-14-52(15-9-28)35(56)29-7-13-46-33(31(29)40)39(41,42)43/h3-7,10,13,16,19-20,24,28H,8-9,11,14-15,17-18,21-23,45H2,1-2H3. The number of pyridine rings is 1. The molecule has 0 saturated carbocycles. The third kappa shape index (κ3) is 8.23. The number of amides is 3. The molecule has 0 bridgehead atoms. The second kappa shape index (κ2) is 16.3.